The highest BCUT2D eigenvalue weighted by Crippen LogP contribution is 2.48. The molecule has 268 valence electrons. The number of thiophene rings is 1. The molecule has 1 aliphatic carbocycles. The lowest BCUT2D eigenvalue weighted by molar-refractivity contribution is 0.0240. The van der Waals surface area contributed by atoms with Gasteiger partial charge in [-0.15, -0.1) is 11.3 Å². The average molecular weight is 703 g/mol. The predicted octanol–water partition coefficient (Wildman–Crippen LogP) is 4.56. The standard InChI is InChI=1S/C36H50N10O3S/c1-35(2,3)48-34(47)46-19-15-44(16-20-46)25-21-27(39-29(22-25)45-17-13-43(14-18-45)24-8-11-42(5)12-9-24)32-40-33(49-41-32)36(4)10-6-7-28-30(36)26(23-37)31(38)50-28/h21-22,24H,6-20,38H2,1-5H3. The smallest absolute Gasteiger partial charge is 0.410 e. The summed E-state index contributed by atoms with van der Waals surface area (Å²) >= 11 is 1.49. The zero-order valence-electron chi connectivity index (χ0n) is 30.1. The van der Waals surface area contributed by atoms with E-state index in [9.17, 15) is 10.1 Å². The van der Waals surface area contributed by atoms with E-state index in [1.54, 1.807) is 4.90 Å². The highest BCUT2D eigenvalue weighted by molar-refractivity contribution is 7.16. The molecule has 3 fully saturated rings. The van der Waals surface area contributed by atoms with Gasteiger partial charge >= 0.3 is 6.09 Å². The van der Waals surface area contributed by atoms with E-state index in [0.29, 0.717) is 60.2 Å². The molecule has 2 N–H and O–H groups in total. The molecule has 14 heteroatoms. The summed E-state index contributed by atoms with van der Waals surface area (Å²) < 4.78 is 11.7. The first-order valence-electron chi connectivity index (χ1n) is 18.0. The molecule has 7 rings (SSSR count). The van der Waals surface area contributed by atoms with Crippen molar-refractivity contribution in [3.05, 3.63) is 34.0 Å². The van der Waals surface area contributed by atoms with Crippen LogP contribution in [-0.2, 0) is 16.6 Å². The molecule has 3 aromatic heterocycles. The number of pyridine rings is 1. The Balaban J connectivity index is 1.16. The Labute approximate surface area is 298 Å². The minimum atomic E-state index is -0.610. The number of ether oxygens (including phenoxy) is 1. The molecule has 1 unspecified atom stereocenters. The van der Waals surface area contributed by atoms with Gasteiger partial charge < -0.3 is 34.6 Å². The first-order valence-corrected chi connectivity index (χ1v) is 18.8. The maximum absolute atomic E-state index is 12.8. The van der Waals surface area contributed by atoms with E-state index in [2.05, 4.69) is 50.9 Å². The maximum atomic E-state index is 12.8. The maximum Gasteiger partial charge on any atom is 0.410 e. The van der Waals surface area contributed by atoms with Crippen LogP contribution in [0.5, 0.6) is 0 Å². The zero-order valence-corrected chi connectivity index (χ0v) is 30.9. The first-order chi connectivity index (χ1) is 23.9. The Kier molecular flexibility index (Phi) is 9.43. The average Bonchev–Trinajstić information content (AvgIpc) is 3.74. The molecule has 3 aromatic rings. The molecule has 13 nitrogen and oxygen atoms in total. The zero-order chi connectivity index (χ0) is 35.2. The second-order valence-corrected chi connectivity index (χ2v) is 16.6. The largest absolute Gasteiger partial charge is 0.444 e. The van der Waals surface area contributed by atoms with Crippen LogP contribution in [0, 0.1) is 11.3 Å². The lowest BCUT2D eigenvalue weighted by atomic mass is 9.72. The number of nitrogens with zero attached hydrogens (tertiary/aromatic N) is 9. The number of nitrogens with two attached hydrogens (primary N) is 1. The van der Waals surface area contributed by atoms with Gasteiger partial charge in [0.05, 0.1) is 11.0 Å². The van der Waals surface area contributed by atoms with Crippen molar-refractivity contribution in [1.29, 1.82) is 5.26 Å². The number of carbonyl (C=O) groups excluding carboxylic acids is 1. The Hall–Kier alpha value is -3.93. The highest BCUT2D eigenvalue weighted by atomic mass is 32.1. The Morgan fingerprint density at radius 3 is 2.42 bits per heavy atom. The normalized spacial score (nSPS) is 22.8. The van der Waals surface area contributed by atoms with Crippen molar-refractivity contribution >= 4 is 33.9 Å². The number of hydrogen-bond donors (Lipinski definition) is 1. The monoisotopic (exact) mass is 702 g/mol. The third kappa shape index (κ3) is 6.87. The SMILES string of the molecule is CN1CCC(N2CCN(c3cc(N4CCN(C(=O)OC(C)(C)C)CC4)cc(-c4noc(C5(C)CCCc6sc(N)c(C#N)c65)n4)n3)CC2)CC1. The second kappa shape index (κ2) is 13.7. The van der Waals surface area contributed by atoms with Crippen molar-refractivity contribution < 1.29 is 14.1 Å². The molecular formula is C36H50N10O3S. The summed E-state index contributed by atoms with van der Waals surface area (Å²) in [6.07, 6.45) is 4.79. The predicted molar refractivity (Wildman–Crippen MR) is 195 cm³/mol. The molecule has 3 aliphatic heterocycles. The molecule has 0 bridgehead atoms. The lowest BCUT2D eigenvalue weighted by Crippen LogP contribution is -2.53. The quantitative estimate of drug-likeness (QED) is 0.398. The summed E-state index contributed by atoms with van der Waals surface area (Å²) in [7, 11) is 2.21. The summed E-state index contributed by atoms with van der Waals surface area (Å²) in [4.78, 5) is 35.6. The van der Waals surface area contributed by atoms with E-state index in [4.69, 9.17) is 25.0 Å². The van der Waals surface area contributed by atoms with Gasteiger partial charge in [-0.2, -0.15) is 10.2 Å². The van der Waals surface area contributed by atoms with Crippen LogP contribution in [0.3, 0.4) is 0 Å². The molecule has 1 atom stereocenters. The molecule has 1 amide bonds. The number of carbonyl (C=O) groups is 1. The summed E-state index contributed by atoms with van der Waals surface area (Å²) in [6, 6.07) is 7.18. The minimum absolute atomic E-state index is 0.277. The van der Waals surface area contributed by atoms with Crippen LogP contribution in [0.4, 0.5) is 21.3 Å². The second-order valence-electron chi connectivity index (χ2n) is 15.4. The number of anilines is 3. The number of likely N-dealkylation sites (tertiary alicyclic amines) is 1. The Bertz CT molecular complexity index is 1740. The number of piperidine rings is 1. The molecule has 0 aromatic carbocycles. The summed E-state index contributed by atoms with van der Waals surface area (Å²) in [5.74, 6) is 1.80. The molecular weight excluding hydrogens is 653 g/mol. The molecule has 0 saturated carbocycles. The van der Waals surface area contributed by atoms with Gasteiger partial charge in [-0.3, -0.25) is 4.90 Å². The molecule has 6 heterocycles. The number of hydrogen-bond acceptors (Lipinski definition) is 13. The fourth-order valence-electron chi connectivity index (χ4n) is 7.97. The molecule has 0 radical (unpaired) electrons. The molecule has 0 spiro atoms. The molecule has 4 aliphatic rings. The topological polar surface area (TPSA) is 144 Å². The number of aromatic nitrogens is 3. The van der Waals surface area contributed by atoms with Crippen LogP contribution in [0.2, 0.25) is 0 Å². The highest BCUT2D eigenvalue weighted by Gasteiger charge is 2.43. The summed E-state index contributed by atoms with van der Waals surface area (Å²) in [6.45, 7) is 16.3. The number of aryl methyl sites for hydroxylation is 1. The molecule has 50 heavy (non-hydrogen) atoms. The van der Waals surface area contributed by atoms with Crippen LogP contribution in [0.1, 0.15) is 75.3 Å². The Morgan fingerprint density at radius 2 is 1.74 bits per heavy atom. The molecule has 3 saturated heterocycles. The Morgan fingerprint density at radius 1 is 1.04 bits per heavy atom. The van der Waals surface area contributed by atoms with Crippen molar-refractivity contribution in [1.82, 2.24) is 29.8 Å². The van der Waals surface area contributed by atoms with Gasteiger partial charge in [-0.05, 0) is 86.0 Å². The van der Waals surface area contributed by atoms with Gasteiger partial charge in [-0.1, -0.05) is 5.16 Å². The van der Waals surface area contributed by atoms with Crippen LogP contribution < -0.4 is 15.5 Å². The number of rotatable bonds is 5. The van der Waals surface area contributed by atoms with Crippen LogP contribution in [0.15, 0.2) is 16.7 Å². The number of fused-ring (bicyclic) bond motifs is 1. The van der Waals surface area contributed by atoms with Crippen molar-refractivity contribution in [2.75, 3.05) is 88.0 Å². The lowest BCUT2D eigenvalue weighted by Gasteiger charge is -2.42. The van der Waals surface area contributed by atoms with E-state index in [-0.39, 0.29) is 6.09 Å². The van der Waals surface area contributed by atoms with E-state index in [1.165, 1.54) is 24.2 Å². The fourth-order valence-corrected chi connectivity index (χ4v) is 9.16. The van der Waals surface area contributed by atoms with Crippen molar-refractivity contribution in [3.8, 4) is 17.6 Å². The number of piperazine rings is 2. The van der Waals surface area contributed by atoms with Gasteiger partial charge in [0.25, 0.3) is 0 Å². The van der Waals surface area contributed by atoms with Gasteiger partial charge in [0.15, 0.2) is 0 Å². The number of nitrogen functional groups attached to an aromatic ring is 1. The van der Waals surface area contributed by atoms with E-state index >= 15 is 0 Å². The van der Waals surface area contributed by atoms with Crippen LogP contribution in [-0.4, -0.2) is 120 Å². The van der Waals surface area contributed by atoms with Gasteiger partial charge in [-0.25, -0.2) is 9.78 Å². The third-order valence-electron chi connectivity index (χ3n) is 10.8. The van der Waals surface area contributed by atoms with Gasteiger partial charge in [0.2, 0.25) is 11.7 Å². The van der Waals surface area contributed by atoms with E-state index in [1.807, 2.05) is 26.8 Å². The van der Waals surface area contributed by atoms with Crippen molar-refractivity contribution in [2.24, 2.45) is 0 Å². The fraction of sp³-hybridized carbons (Fsp3) is 0.639. The summed E-state index contributed by atoms with van der Waals surface area (Å²) in [5, 5.41) is 15.0. The van der Waals surface area contributed by atoms with Crippen molar-refractivity contribution in [2.45, 2.75) is 76.9 Å². The van der Waals surface area contributed by atoms with E-state index < -0.39 is 11.0 Å². The van der Waals surface area contributed by atoms with Gasteiger partial charge in [0, 0.05) is 80.6 Å². The number of nitriles is 1. The number of amides is 1. The van der Waals surface area contributed by atoms with Gasteiger partial charge in [0.1, 0.15) is 28.2 Å². The van der Waals surface area contributed by atoms with Crippen LogP contribution in [0.25, 0.3) is 11.5 Å². The van der Waals surface area contributed by atoms with Crippen LogP contribution >= 0.6 is 11.3 Å². The van der Waals surface area contributed by atoms with E-state index in [0.717, 1.165) is 80.5 Å². The minimum Gasteiger partial charge on any atom is -0.444 e. The third-order valence-corrected chi connectivity index (χ3v) is 11.9. The summed E-state index contributed by atoms with van der Waals surface area (Å²) in [5.41, 5.74) is 8.25. The van der Waals surface area contributed by atoms with Crippen molar-refractivity contribution in [3.63, 3.8) is 0 Å². The first kappa shape index (κ1) is 34.5.